The predicted molar refractivity (Wildman–Crippen MR) is 138 cm³/mol. The van der Waals surface area contributed by atoms with E-state index in [0.29, 0.717) is 24.3 Å². The number of hydrogen-bond acceptors (Lipinski definition) is 8. The third-order valence-corrected chi connectivity index (χ3v) is 8.69. The molecule has 0 amide bonds. The molecule has 4 aromatic rings. The van der Waals surface area contributed by atoms with E-state index in [4.69, 9.17) is 4.98 Å². The van der Waals surface area contributed by atoms with Crippen LogP contribution < -0.4 is 5.32 Å². The summed E-state index contributed by atoms with van der Waals surface area (Å²) in [5.41, 5.74) is 3.17. The van der Waals surface area contributed by atoms with Gasteiger partial charge in [0.25, 0.3) is 0 Å². The van der Waals surface area contributed by atoms with E-state index < -0.39 is 15.7 Å². The van der Waals surface area contributed by atoms with Crippen molar-refractivity contribution in [2.45, 2.75) is 19.8 Å². The minimum Gasteiger partial charge on any atom is -0.371 e. The molecule has 35 heavy (non-hydrogen) atoms. The number of hydrogen-bond donors (Lipinski definition) is 1. The van der Waals surface area contributed by atoms with E-state index in [1.54, 1.807) is 24.6 Å². The zero-order valence-electron chi connectivity index (χ0n) is 19.7. The van der Waals surface area contributed by atoms with Gasteiger partial charge in [0.05, 0.1) is 22.2 Å². The molecule has 1 aliphatic rings. The number of rotatable bonds is 7. The Morgan fingerprint density at radius 1 is 1.20 bits per heavy atom. The molecule has 0 aromatic carbocycles. The van der Waals surface area contributed by atoms with Crippen molar-refractivity contribution in [3.63, 3.8) is 0 Å². The highest BCUT2D eigenvalue weighted by atomic mass is 32.2. The fraction of sp³-hybridized carbons (Fsp3) is 0.375. The summed E-state index contributed by atoms with van der Waals surface area (Å²) in [6.45, 7) is 4.02. The van der Waals surface area contributed by atoms with E-state index in [1.807, 2.05) is 29.0 Å². The van der Waals surface area contributed by atoms with E-state index in [9.17, 15) is 12.8 Å². The molecule has 0 aliphatic carbocycles. The Morgan fingerprint density at radius 2 is 2.00 bits per heavy atom. The van der Waals surface area contributed by atoms with Gasteiger partial charge in [-0.15, -0.1) is 11.3 Å². The van der Waals surface area contributed by atoms with Gasteiger partial charge < -0.3 is 10.2 Å². The summed E-state index contributed by atoms with van der Waals surface area (Å²) in [4.78, 5) is 15.9. The molecule has 0 saturated carbocycles. The number of anilines is 1. The Bertz CT molecular complexity index is 1470. The summed E-state index contributed by atoms with van der Waals surface area (Å²) >= 11 is 1.58. The molecule has 4 aromatic heterocycles. The molecule has 0 spiro atoms. The number of nitrogens with zero attached hydrogens (tertiary/aromatic N) is 5. The normalized spacial score (nSPS) is 16.1. The van der Waals surface area contributed by atoms with Crippen molar-refractivity contribution < 1.29 is 12.8 Å². The van der Waals surface area contributed by atoms with Gasteiger partial charge in [-0.3, -0.25) is 4.57 Å². The van der Waals surface area contributed by atoms with Crippen LogP contribution in [0, 0.1) is 12.7 Å². The van der Waals surface area contributed by atoms with E-state index in [-0.39, 0.29) is 17.3 Å². The number of aryl methyl sites for hydroxylation is 2. The van der Waals surface area contributed by atoms with Gasteiger partial charge in [0.2, 0.25) is 0 Å². The highest BCUT2D eigenvalue weighted by Crippen LogP contribution is 2.29. The molecule has 0 bridgehead atoms. The first-order valence-corrected chi connectivity index (χ1v) is 14.2. The number of halogens is 1. The van der Waals surface area contributed by atoms with Gasteiger partial charge >= 0.3 is 0 Å². The third kappa shape index (κ3) is 5.07. The number of fused-ring (bicyclic) bond motifs is 1. The molecule has 5 heterocycles. The van der Waals surface area contributed by atoms with Crippen LogP contribution in [-0.4, -0.2) is 71.0 Å². The summed E-state index contributed by atoms with van der Waals surface area (Å²) in [6, 6.07) is 5.36. The molecule has 1 saturated heterocycles. The largest absolute Gasteiger partial charge is 0.371 e. The molecule has 0 radical (unpaired) electrons. The van der Waals surface area contributed by atoms with Crippen LogP contribution in [0.5, 0.6) is 0 Å². The minimum absolute atomic E-state index is 0.199. The first kappa shape index (κ1) is 23.8. The summed E-state index contributed by atoms with van der Waals surface area (Å²) in [7, 11) is -1.24. The molecule has 0 unspecified atom stereocenters. The minimum atomic E-state index is -2.87. The van der Waals surface area contributed by atoms with E-state index >= 15 is 0 Å². The molecule has 184 valence electrons. The smallest absolute Gasteiger partial charge is 0.166 e. The molecule has 1 aliphatic heterocycles. The average Bonchev–Trinajstić information content (AvgIpc) is 3.43. The van der Waals surface area contributed by atoms with Gasteiger partial charge in [-0.1, -0.05) is 0 Å². The maximum atomic E-state index is 14.3. The number of sulfone groups is 1. The Labute approximate surface area is 207 Å². The molecule has 0 atom stereocenters. The second-order valence-electron chi connectivity index (χ2n) is 8.72. The zero-order valence-corrected chi connectivity index (χ0v) is 21.3. The van der Waals surface area contributed by atoms with Crippen molar-refractivity contribution in [3.8, 4) is 17.1 Å². The van der Waals surface area contributed by atoms with Crippen LogP contribution in [0.15, 0.2) is 36.0 Å². The summed E-state index contributed by atoms with van der Waals surface area (Å²) < 4.78 is 39.7. The summed E-state index contributed by atoms with van der Waals surface area (Å²) in [6.07, 6.45) is 5.45. The van der Waals surface area contributed by atoms with Crippen LogP contribution in [0.25, 0.3) is 28.1 Å². The maximum absolute atomic E-state index is 14.3. The van der Waals surface area contributed by atoms with Crippen LogP contribution in [0.2, 0.25) is 0 Å². The van der Waals surface area contributed by atoms with E-state index in [0.717, 1.165) is 46.8 Å². The standard InChI is InChI=1S/C24H27FN6O2S2/c1-16-28-22(15-34-16)31-14-17(4-3-7-30-8-10-35(32,33)11-9-30)19-5-6-21(29-24(19)31)18-12-20(25)23(26-2)27-13-18/h5-6,12-15H,3-4,7-11H2,1-2H3,(H,26,27). The molecule has 1 N–H and O–H groups in total. The van der Waals surface area contributed by atoms with Gasteiger partial charge in [0, 0.05) is 48.9 Å². The molecular formula is C24H27FN6O2S2. The van der Waals surface area contributed by atoms with Crippen LogP contribution in [0.3, 0.4) is 0 Å². The summed E-state index contributed by atoms with van der Waals surface area (Å²) in [5, 5.41) is 6.73. The fourth-order valence-electron chi connectivity index (χ4n) is 4.40. The zero-order chi connectivity index (χ0) is 24.6. The average molecular weight is 515 g/mol. The highest BCUT2D eigenvalue weighted by molar-refractivity contribution is 7.91. The van der Waals surface area contributed by atoms with Crippen LogP contribution in [0.1, 0.15) is 17.0 Å². The Kier molecular flexibility index (Phi) is 6.56. The van der Waals surface area contributed by atoms with Gasteiger partial charge in [-0.05, 0) is 50.1 Å². The first-order chi connectivity index (χ1) is 16.8. The number of nitrogens with one attached hydrogen (secondary N) is 1. The Balaban J connectivity index is 1.44. The lowest BCUT2D eigenvalue weighted by molar-refractivity contribution is 0.292. The molecule has 11 heteroatoms. The van der Waals surface area contributed by atoms with Crippen molar-refractivity contribution in [3.05, 3.63) is 52.4 Å². The van der Waals surface area contributed by atoms with Gasteiger partial charge in [-0.25, -0.2) is 27.8 Å². The number of aromatic nitrogens is 4. The van der Waals surface area contributed by atoms with Crippen molar-refractivity contribution in [2.24, 2.45) is 0 Å². The van der Waals surface area contributed by atoms with Gasteiger partial charge in [0.1, 0.15) is 11.5 Å². The van der Waals surface area contributed by atoms with E-state index in [2.05, 4.69) is 26.4 Å². The first-order valence-electron chi connectivity index (χ1n) is 11.5. The van der Waals surface area contributed by atoms with Crippen molar-refractivity contribution in [1.82, 2.24) is 24.4 Å². The lowest BCUT2D eigenvalue weighted by atomic mass is 10.1. The lowest BCUT2D eigenvalue weighted by Crippen LogP contribution is -2.40. The number of thiazole rings is 1. The van der Waals surface area contributed by atoms with Crippen LogP contribution >= 0.6 is 11.3 Å². The van der Waals surface area contributed by atoms with Crippen LogP contribution in [0.4, 0.5) is 10.2 Å². The lowest BCUT2D eigenvalue weighted by Gasteiger charge is -2.26. The quantitative estimate of drug-likeness (QED) is 0.402. The Hall–Kier alpha value is -2.89. The second-order valence-corrected chi connectivity index (χ2v) is 12.1. The SMILES string of the molecule is CNc1ncc(-c2ccc3c(CCCN4CCS(=O)(=O)CC4)cn(-c4csc(C)n4)c3n2)cc1F. The monoisotopic (exact) mass is 514 g/mol. The molecular weight excluding hydrogens is 487 g/mol. The third-order valence-electron chi connectivity index (χ3n) is 6.32. The van der Waals surface area contributed by atoms with Crippen molar-refractivity contribution >= 4 is 38.0 Å². The van der Waals surface area contributed by atoms with E-state index in [1.165, 1.54) is 6.07 Å². The molecule has 5 rings (SSSR count). The van der Waals surface area contributed by atoms with Gasteiger partial charge in [-0.2, -0.15) is 0 Å². The highest BCUT2D eigenvalue weighted by Gasteiger charge is 2.21. The molecule has 8 nitrogen and oxygen atoms in total. The van der Waals surface area contributed by atoms with Crippen molar-refractivity contribution in [1.29, 1.82) is 0 Å². The second kappa shape index (κ2) is 9.63. The number of pyridine rings is 2. The summed E-state index contributed by atoms with van der Waals surface area (Å²) in [5.74, 6) is 1.07. The predicted octanol–water partition coefficient (Wildman–Crippen LogP) is 3.70. The van der Waals surface area contributed by atoms with Crippen molar-refractivity contribution in [2.75, 3.05) is 43.5 Å². The molecule has 1 fully saturated rings. The fourth-order valence-corrected chi connectivity index (χ4v) is 6.26. The topological polar surface area (TPSA) is 93.0 Å². The maximum Gasteiger partial charge on any atom is 0.166 e. The van der Waals surface area contributed by atoms with Crippen LogP contribution in [-0.2, 0) is 16.3 Å². The van der Waals surface area contributed by atoms with Gasteiger partial charge in [0.15, 0.2) is 21.5 Å². The Morgan fingerprint density at radius 3 is 2.69 bits per heavy atom.